The molecule has 1 heterocycles. The number of aliphatic hydroxyl groups excluding tert-OH is 1. The van der Waals surface area contributed by atoms with E-state index in [1.807, 2.05) is 0 Å². The van der Waals surface area contributed by atoms with E-state index in [0.29, 0.717) is 31.2 Å². The normalized spacial score (nSPS) is 12.0. The maximum Gasteiger partial charge on any atom is 0.252 e. The van der Waals surface area contributed by atoms with Gasteiger partial charge in [-0.15, -0.1) is 0 Å². The van der Waals surface area contributed by atoms with Gasteiger partial charge in [0.25, 0.3) is 5.91 Å². The molecule has 0 saturated heterocycles. The monoisotopic (exact) mass is 296 g/mol. The molecule has 0 aliphatic carbocycles. The summed E-state index contributed by atoms with van der Waals surface area (Å²) >= 11 is 0. The molecule has 0 aliphatic rings. The third-order valence-electron chi connectivity index (χ3n) is 3.04. The smallest absolute Gasteiger partial charge is 0.252 e. The Kier molecular flexibility index (Phi) is 8.38. The van der Waals surface area contributed by atoms with Crippen molar-refractivity contribution >= 4 is 5.91 Å². The molecule has 0 aromatic carbocycles. The van der Waals surface area contributed by atoms with Gasteiger partial charge >= 0.3 is 0 Å². The molecule has 0 bridgehead atoms. The van der Waals surface area contributed by atoms with E-state index in [2.05, 4.69) is 17.2 Å². The summed E-state index contributed by atoms with van der Waals surface area (Å²) in [7, 11) is 1.60. The topological polar surface area (TPSA) is 80.7 Å². The van der Waals surface area contributed by atoms with Crippen molar-refractivity contribution in [2.75, 3.05) is 33.5 Å². The van der Waals surface area contributed by atoms with Crippen LogP contribution in [0.4, 0.5) is 0 Å². The zero-order chi connectivity index (χ0) is 15.5. The van der Waals surface area contributed by atoms with Crippen LogP contribution >= 0.6 is 0 Å². The first-order valence-corrected chi connectivity index (χ1v) is 7.18. The quantitative estimate of drug-likeness (QED) is 0.635. The van der Waals surface area contributed by atoms with E-state index >= 15 is 0 Å². The molecule has 6 heteroatoms. The van der Waals surface area contributed by atoms with Crippen molar-refractivity contribution < 1.29 is 19.4 Å². The Hall–Kier alpha value is -1.66. The van der Waals surface area contributed by atoms with Crippen LogP contribution in [0.15, 0.2) is 18.3 Å². The molecule has 1 atom stereocenters. The van der Waals surface area contributed by atoms with E-state index < -0.39 is 0 Å². The highest BCUT2D eigenvalue weighted by molar-refractivity contribution is 5.93. The number of carbonyl (C=O) groups excluding carboxylic acids is 1. The van der Waals surface area contributed by atoms with Gasteiger partial charge in [0, 0.05) is 32.5 Å². The van der Waals surface area contributed by atoms with Crippen molar-refractivity contribution in [1.82, 2.24) is 10.3 Å². The van der Waals surface area contributed by atoms with Crippen molar-refractivity contribution in [2.45, 2.75) is 19.8 Å². The highest BCUT2D eigenvalue weighted by Gasteiger charge is 2.10. The first kappa shape index (κ1) is 17.4. The molecule has 118 valence electrons. The molecule has 0 saturated carbocycles. The summed E-state index contributed by atoms with van der Waals surface area (Å²) in [5.41, 5.74) is 0.474. The zero-order valence-corrected chi connectivity index (χ0v) is 12.7. The molecule has 0 radical (unpaired) electrons. The summed E-state index contributed by atoms with van der Waals surface area (Å²) in [6, 6.07) is 3.32. The van der Waals surface area contributed by atoms with Crippen molar-refractivity contribution in [3.8, 4) is 5.88 Å². The molecule has 1 rings (SSSR count). The molecule has 1 aromatic heterocycles. The Morgan fingerprint density at radius 3 is 2.81 bits per heavy atom. The molecule has 0 fully saturated rings. The number of ether oxygens (including phenoxy) is 2. The second kappa shape index (κ2) is 10.1. The lowest BCUT2D eigenvalue weighted by Crippen LogP contribution is -2.30. The van der Waals surface area contributed by atoms with Crippen LogP contribution in [0.3, 0.4) is 0 Å². The molecule has 6 nitrogen and oxygen atoms in total. The number of pyridine rings is 1. The van der Waals surface area contributed by atoms with Gasteiger partial charge in [-0.2, -0.15) is 0 Å². The summed E-state index contributed by atoms with van der Waals surface area (Å²) in [6.45, 7) is 3.51. The molecule has 21 heavy (non-hydrogen) atoms. The Morgan fingerprint density at radius 2 is 2.24 bits per heavy atom. The van der Waals surface area contributed by atoms with Gasteiger partial charge in [-0.3, -0.25) is 4.79 Å². The number of methoxy groups -OCH3 is 1. The van der Waals surface area contributed by atoms with Crippen molar-refractivity contribution in [3.63, 3.8) is 0 Å². The fourth-order valence-electron chi connectivity index (χ4n) is 1.83. The Balaban J connectivity index is 2.43. The van der Waals surface area contributed by atoms with E-state index in [0.717, 1.165) is 12.8 Å². The first-order valence-electron chi connectivity index (χ1n) is 7.18. The SMILES string of the molecule is CCCC(CO)CNC(=O)c1ccc(OCCOC)nc1. The predicted molar refractivity (Wildman–Crippen MR) is 79.4 cm³/mol. The number of hydrogen-bond donors (Lipinski definition) is 2. The van der Waals surface area contributed by atoms with Crippen LogP contribution < -0.4 is 10.1 Å². The van der Waals surface area contributed by atoms with E-state index in [4.69, 9.17) is 9.47 Å². The minimum absolute atomic E-state index is 0.0820. The largest absolute Gasteiger partial charge is 0.475 e. The van der Waals surface area contributed by atoms with Crippen LogP contribution in [0.25, 0.3) is 0 Å². The standard InChI is InChI=1S/C15H24N2O4/c1-3-4-12(11-18)9-17-15(19)13-5-6-14(16-10-13)21-8-7-20-2/h5-6,10,12,18H,3-4,7-9,11H2,1-2H3,(H,17,19). The summed E-state index contributed by atoms with van der Waals surface area (Å²) in [4.78, 5) is 16.0. The Morgan fingerprint density at radius 1 is 1.43 bits per heavy atom. The fraction of sp³-hybridized carbons (Fsp3) is 0.600. The van der Waals surface area contributed by atoms with E-state index in [1.165, 1.54) is 6.20 Å². The van der Waals surface area contributed by atoms with Crippen LogP contribution in [-0.2, 0) is 4.74 Å². The van der Waals surface area contributed by atoms with Gasteiger partial charge in [0.05, 0.1) is 12.2 Å². The molecule has 1 unspecified atom stereocenters. The van der Waals surface area contributed by atoms with Gasteiger partial charge in [0.1, 0.15) is 6.61 Å². The number of carbonyl (C=O) groups is 1. The molecule has 0 aliphatic heterocycles. The van der Waals surface area contributed by atoms with E-state index in [1.54, 1.807) is 19.2 Å². The number of aliphatic hydroxyl groups is 1. The third kappa shape index (κ3) is 6.55. The van der Waals surface area contributed by atoms with Crippen molar-refractivity contribution in [1.29, 1.82) is 0 Å². The second-order valence-electron chi connectivity index (χ2n) is 4.77. The maximum atomic E-state index is 11.9. The lowest BCUT2D eigenvalue weighted by molar-refractivity contribution is 0.0938. The Labute approximate surface area is 125 Å². The molecule has 1 amide bonds. The molecular weight excluding hydrogens is 272 g/mol. The van der Waals surface area contributed by atoms with Gasteiger partial charge in [-0.1, -0.05) is 13.3 Å². The third-order valence-corrected chi connectivity index (χ3v) is 3.04. The Bertz CT molecular complexity index is 409. The average Bonchev–Trinajstić information content (AvgIpc) is 2.52. The number of nitrogens with zero attached hydrogens (tertiary/aromatic N) is 1. The van der Waals surface area contributed by atoms with Crippen molar-refractivity contribution in [3.05, 3.63) is 23.9 Å². The molecule has 1 aromatic rings. The maximum absolute atomic E-state index is 11.9. The zero-order valence-electron chi connectivity index (χ0n) is 12.7. The number of rotatable bonds is 10. The van der Waals surface area contributed by atoms with Crippen LogP contribution in [0.1, 0.15) is 30.1 Å². The minimum Gasteiger partial charge on any atom is -0.475 e. The summed E-state index contributed by atoms with van der Waals surface area (Å²) in [5, 5.41) is 12.0. The minimum atomic E-state index is -0.194. The number of amides is 1. The highest BCUT2D eigenvalue weighted by Crippen LogP contribution is 2.08. The summed E-state index contributed by atoms with van der Waals surface area (Å²) < 4.78 is 10.2. The van der Waals surface area contributed by atoms with Gasteiger partial charge < -0.3 is 19.9 Å². The number of nitrogens with one attached hydrogen (secondary N) is 1. The van der Waals surface area contributed by atoms with E-state index in [-0.39, 0.29) is 18.4 Å². The predicted octanol–water partition coefficient (Wildman–Crippen LogP) is 1.25. The first-order chi connectivity index (χ1) is 10.2. The average molecular weight is 296 g/mol. The van der Waals surface area contributed by atoms with Gasteiger partial charge in [-0.05, 0) is 18.4 Å². The van der Waals surface area contributed by atoms with Crippen LogP contribution in [0.5, 0.6) is 5.88 Å². The number of hydrogen-bond acceptors (Lipinski definition) is 5. The van der Waals surface area contributed by atoms with Gasteiger partial charge in [0.2, 0.25) is 5.88 Å². The fourth-order valence-corrected chi connectivity index (χ4v) is 1.83. The van der Waals surface area contributed by atoms with Crippen LogP contribution in [-0.4, -0.2) is 49.5 Å². The summed E-state index contributed by atoms with van der Waals surface area (Å²) in [6.07, 6.45) is 3.35. The highest BCUT2D eigenvalue weighted by atomic mass is 16.5. The molecule has 2 N–H and O–H groups in total. The lowest BCUT2D eigenvalue weighted by Gasteiger charge is -2.14. The van der Waals surface area contributed by atoms with Crippen LogP contribution in [0.2, 0.25) is 0 Å². The summed E-state index contributed by atoms with van der Waals surface area (Å²) in [5.74, 6) is 0.367. The number of aromatic nitrogens is 1. The van der Waals surface area contributed by atoms with Crippen LogP contribution in [0, 0.1) is 5.92 Å². The van der Waals surface area contributed by atoms with Gasteiger partial charge in [-0.25, -0.2) is 4.98 Å². The van der Waals surface area contributed by atoms with Gasteiger partial charge in [0.15, 0.2) is 0 Å². The lowest BCUT2D eigenvalue weighted by atomic mass is 10.1. The second-order valence-corrected chi connectivity index (χ2v) is 4.77. The van der Waals surface area contributed by atoms with E-state index in [9.17, 15) is 9.90 Å². The molecular formula is C15H24N2O4. The molecule has 0 spiro atoms. The van der Waals surface area contributed by atoms with Crippen molar-refractivity contribution in [2.24, 2.45) is 5.92 Å².